The SMILES string of the molecule is COC(=O)c1sc(NC(=O)C2CC(=O)N(Cc3ccc(Cl)cc3)C2)nc1C. The Morgan fingerprint density at radius 2 is 2.07 bits per heavy atom. The predicted molar refractivity (Wildman–Crippen MR) is 102 cm³/mol. The number of aromatic nitrogens is 1. The van der Waals surface area contributed by atoms with Gasteiger partial charge in [0.15, 0.2) is 5.13 Å². The average molecular weight is 408 g/mol. The van der Waals surface area contributed by atoms with E-state index in [0.717, 1.165) is 16.9 Å². The van der Waals surface area contributed by atoms with Gasteiger partial charge >= 0.3 is 5.97 Å². The predicted octanol–water partition coefficient (Wildman–Crippen LogP) is 2.88. The van der Waals surface area contributed by atoms with E-state index in [0.29, 0.717) is 33.8 Å². The summed E-state index contributed by atoms with van der Waals surface area (Å²) in [5, 5.41) is 3.65. The second kappa shape index (κ2) is 8.06. The number of methoxy groups -OCH3 is 1. The number of ether oxygens (including phenoxy) is 1. The first-order valence-corrected chi connectivity index (χ1v) is 9.45. The maximum absolute atomic E-state index is 12.5. The van der Waals surface area contributed by atoms with Gasteiger partial charge in [0.05, 0.1) is 18.7 Å². The fourth-order valence-electron chi connectivity index (χ4n) is 2.85. The molecule has 1 unspecified atom stereocenters. The third-order valence-corrected chi connectivity index (χ3v) is 5.57. The molecule has 142 valence electrons. The molecule has 1 fully saturated rings. The Labute approximate surface area is 165 Å². The molecule has 0 spiro atoms. The van der Waals surface area contributed by atoms with Crippen LogP contribution in [0.1, 0.15) is 27.3 Å². The summed E-state index contributed by atoms with van der Waals surface area (Å²) < 4.78 is 4.69. The zero-order chi connectivity index (χ0) is 19.6. The van der Waals surface area contributed by atoms with Crippen LogP contribution in [0.3, 0.4) is 0 Å². The number of esters is 1. The van der Waals surface area contributed by atoms with Crippen molar-refractivity contribution < 1.29 is 19.1 Å². The summed E-state index contributed by atoms with van der Waals surface area (Å²) in [6, 6.07) is 7.25. The number of thiazole rings is 1. The van der Waals surface area contributed by atoms with E-state index in [1.54, 1.807) is 24.0 Å². The van der Waals surface area contributed by atoms with Crippen LogP contribution in [0.15, 0.2) is 24.3 Å². The monoisotopic (exact) mass is 407 g/mol. The van der Waals surface area contributed by atoms with Crippen molar-refractivity contribution in [2.24, 2.45) is 5.92 Å². The van der Waals surface area contributed by atoms with Crippen molar-refractivity contribution in [2.75, 3.05) is 19.0 Å². The molecule has 1 saturated heterocycles. The number of carbonyl (C=O) groups excluding carboxylic acids is 3. The summed E-state index contributed by atoms with van der Waals surface area (Å²) in [7, 11) is 1.29. The van der Waals surface area contributed by atoms with Crippen LogP contribution in [0.5, 0.6) is 0 Å². The van der Waals surface area contributed by atoms with Crippen molar-refractivity contribution in [1.82, 2.24) is 9.88 Å². The number of likely N-dealkylation sites (tertiary alicyclic amines) is 1. The first kappa shape index (κ1) is 19.3. The van der Waals surface area contributed by atoms with Crippen LogP contribution < -0.4 is 5.32 Å². The molecule has 1 aliphatic heterocycles. The molecular formula is C18H18ClN3O4S. The molecule has 3 rings (SSSR count). The normalized spacial score (nSPS) is 16.5. The second-order valence-corrected chi connectivity index (χ2v) is 7.65. The lowest BCUT2D eigenvalue weighted by Gasteiger charge is -2.16. The minimum absolute atomic E-state index is 0.0735. The van der Waals surface area contributed by atoms with Crippen molar-refractivity contribution in [2.45, 2.75) is 19.9 Å². The molecule has 2 aromatic rings. The van der Waals surface area contributed by atoms with Gasteiger partial charge in [-0.1, -0.05) is 35.1 Å². The van der Waals surface area contributed by atoms with Crippen molar-refractivity contribution in [3.8, 4) is 0 Å². The number of halogens is 1. The van der Waals surface area contributed by atoms with Gasteiger partial charge in [0, 0.05) is 24.5 Å². The molecule has 0 saturated carbocycles. The van der Waals surface area contributed by atoms with Gasteiger partial charge in [-0.25, -0.2) is 9.78 Å². The van der Waals surface area contributed by atoms with Crippen LogP contribution in [-0.4, -0.2) is 41.3 Å². The summed E-state index contributed by atoms with van der Waals surface area (Å²) in [5.74, 6) is -1.31. The summed E-state index contributed by atoms with van der Waals surface area (Å²) in [5.41, 5.74) is 1.45. The number of carbonyl (C=O) groups is 3. The maximum Gasteiger partial charge on any atom is 0.350 e. The largest absolute Gasteiger partial charge is 0.465 e. The lowest BCUT2D eigenvalue weighted by atomic mass is 10.1. The van der Waals surface area contributed by atoms with E-state index in [1.807, 2.05) is 12.1 Å². The molecule has 0 aliphatic carbocycles. The smallest absolute Gasteiger partial charge is 0.350 e. The van der Waals surface area contributed by atoms with Crippen LogP contribution in [-0.2, 0) is 20.9 Å². The first-order valence-electron chi connectivity index (χ1n) is 8.26. The van der Waals surface area contributed by atoms with E-state index in [2.05, 4.69) is 15.0 Å². The summed E-state index contributed by atoms with van der Waals surface area (Å²) >= 11 is 6.93. The number of amides is 2. The quantitative estimate of drug-likeness (QED) is 0.770. The number of nitrogens with zero attached hydrogens (tertiary/aromatic N) is 2. The van der Waals surface area contributed by atoms with Crippen LogP contribution in [0.25, 0.3) is 0 Å². The number of anilines is 1. The van der Waals surface area contributed by atoms with E-state index in [1.165, 1.54) is 7.11 Å². The highest BCUT2D eigenvalue weighted by Gasteiger charge is 2.34. The van der Waals surface area contributed by atoms with Gasteiger partial charge in [0.2, 0.25) is 11.8 Å². The van der Waals surface area contributed by atoms with Crippen LogP contribution in [0.4, 0.5) is 5.13 Å². The van der Waals surface area contributed by atoms with Crippen molar-refractivity contribution >= 4 is 45.9 Å². The lowest BCUT2D eigenvalue weighted by Crippen LogP contribution is -2.28. The lowest BCUT2D eigenvalue weighted by molar-refractivity contribution is -0.128. The fourth-order valence-corrected chi connectivity index (χ4v) is 3.86. The van der Waals surface area contributed by atoms with Crippen LogP contribution >= 0.6 is 22.9 Å². The Bertz CT molecular complexity index is 881. The van der Waals surface area contributed by atoms with Crippen molar-refractivity contribution in [1.29, 1.82) is 0 Å². The van der Waals surface area contributed by atoms with Gasteiger partial charge in [-0.15, -0.1) is 0 Å². The van der Waals surface area contributed by atoms with E-state index in [-0.39, 0.29) is 18.2 Å². The molecule has 7 nitrogen and oxygen atoms in total. The zero-order valence-electron chi connectivity index (χ0n) is 14.8. The standard InChI is InChI=1S/C18H18ClN3O4S/c1-10-15(17(25)26-2)27-18(20-10)21-16(24)12-7-14(23)22(9-12)8-11-3-5-13(19)6-4-11/h3-6,12H,7-9H2,1-2H3,(H,20,21,24). The van der Waals surface area contributed by atoms with Crippen LogP contribution in [0, 0.1) is 12.8 Å². The second-order valence-electron chi connectivity index (χ2n) is 6.22. The Hall–Kier alpha value is -2.45. The van der Waals surface area contributed by atoms with Gasteiger partial charge < -0.3 is 15.0 Å². The molecule has 0 radical (unpaired) electrons. The van der Waals surface area contributed by atoms with Crippen molar-refractivity contribution in [3.05, 3.63) is 45.4 Å². The number of benzene rings is 1. The maximum atomic E-state index is 12.5. The van der Waals surface area contributed by atoms with E-state index in [4.69, 9.17) is 11.6 Å². The third kappa shape index (κ3) is 4.45. The van der Waals surface area contributed by atoms with Gasteiger partial charge in [0.1, 0.15) is 4.88 Å². The minimum atomic E-state index is -0.490. The third-order valence-electron chi connectivity index (χ3n) is 4.27. The summed E-state index contributed by atoms with van der Waals surface area (Å²) in [6.45, 7) is 2.44. The molecule has 1 aromatic carbocycles. The van der Waals surface area contributed by atoms with E-state index in [9.17, 15) is 14.4 Å². The van der Waals surface area contributed by atoms with E-state index < -0.39 is 11.9 Å². The molecule has 0 bridgehead atoms. The highest BCUT2D eigenvalue weighted by Crippen LogP contribution is 2.26. The number of aryl methyl sites for hydroxylation is 1. The first-order chi connectivity index (χ1) is 12.9. The molecular weight excluding hydrogens is 390 g/mol. The summed E-state index contributed by atoms with van der Waals surface area (Å²) in [4.78, 5) is 42.6. The molecule has 9 heteroatoms. The topological polar surface area (TPSA) is 88.6 Å². The highest BCUT2D eigenvalue weighted by atomic mass is 35.5. The minimum Gasteiger partial charge on any atom is -0.465 e. The van der Waals surface area contributed by atoms with E-state index >= 15 is 0 Å². The number of hydrogen-bond donors (Lipinski definition) is 1. The molecule has 2 amide bonds. The molecule has 27 heavy (non-hydrogen) atoms. The molecule has 1 N–H and O–H groups in total. The Morgan fingerprint density at radius 3 is 2.74 bits per heavy atom. The average Bonchev–Trinajstić information content (AvgIpc) is 3.19. The number of nitrogens with one attached hydrogen (secondary N) is 1. The number of rotatable bonds is 5. The Kier molecular flexibility index (Phi) is 5.76. The Morgan fingerprint density at radius 1 is 1.37 bits per heavy atom. The van der Waals surface area contributed by atoms with Gasteiger partial charge in [-0.05, 0) is 24.6 Å². The molecule has 2 heterocycles. The highest BCUT2D eigenvalue weighted by molar-refractivity contribution is 7.17. The number of hydrogen-bond acceptors (Lipinski definition) is 6. The fraction of sp³-hybridized carbons (Fsp3) is 0.333. The van der Waals surface area contributed by atoms with Gasteiger partial charge in [0.25, 0.3) is 0 Å². The Balaban J connectivity index is 1.62. The molecule has 1 aliphatic rings. The summed E-state index contributed by atoms with van der Waals surface area (Å²) in [6.07, 6.45) is 0.146. The van der Waals surface area contributed by atoms with Gasteiger partial charge in [-0.3, -0.25) is 9.59 Å². The zero-order valence-corrected chi connectivity index (χ0v) is 16.4. The van der Waals surface area contributed by atoms with Crippen molar-refractivity contribution in [3.63, 3.8) is 0 Å². The van der Waals surface area contributed by atoms with Gasteiger partial charge in [-0.2, -0.15) is 0 Å². The van der Waals surface area contributed by atoms with Crippen LogP contribution in [0.2, 0.25) is 5.02 Å². The molecule has 1 aromatic heterocycles. The molecule has 1 atom stereocenters.